The number of imide groups is 2. The van der Waals surface area contributed by atoms with Crippen LogP contribution in [0.3, 0.4) is 0 Å². The smallest absolute Gasteiger partial charge is 0.274 e. The second kappa shape index (κ2) is 5.41. The summed E-state index contributed by atoms with van der Waals surface area (Å²) in [7, 11) is 0. The van der Waals surface area contributed by atoms with Crippen molar-refractivity contribution in [2.45, 2.75) is 50.7 Å². The van der Waals surface area contributed by atoms with Crippen LogP contribution in [0.5, 0.6) is 0 Å². The van der Waals surface area contributed by atoms with Gasteiger partial charge in [-0.15, -0.1) is 0 Å². The predicted molar refractivity (Wildman–Crippen MR) is 61.5 cm³/mol. The minimum absolute atomic E-state index is 0.135. The van der Waals surface area contributed by atoms with Gasteiger partial charge in [-0.3, -0.25) is 19.4 Å². The molecule has 0 radical (unpaired) electrons. The number of barbiturate groups is 1. The molecule has 20 heavy (non-hydrogen) atoms. The van der Waals surface area contributed by atoms with Gasteiger partial charge in [0.1, 0.15) is 13.0 Å². The summed E-state index contributed by atoms with van der Waals surface area (Å²) in [5.74, 6) is -1.77. The van der Waals surface area contributed by atoms with E-state index in [2.05, 4.69) is 0 Å². The second-order valence-electron chi connectivity index (χ2n) is 5.11. The standard InChI is InChI=1S/C12H15F3N2O3/c13-12(14,15)7-16-9(18)6-10(19)17(11(16)20)8-4-2-1-3-5-8/h8H,1-7H2. The zero-order valence-electron chi connectivity index (χ0n) is 10.8. The third kappa shape index (κ3) is 3.10. The van der Waals surface area contributed by atoms with Gasteiger partial charge in [0.15, 0.2) is 0 Å². The van der Waals surface area contributed by atoms with Gasteiger partial charge in [0, 0.05) is 6.04 Å². The third-order valence-electron chi connectivity index (χ3n) is 3.59. The number of hydrogen-bond acceptors (Lipinski definition) is 3. The van der Waals surface area contributed by atoms with E-state index in [0.29, 0.717) is 12.8 Å². The molecule has 0 aromatic rings. The highest BCUT2D eigenvalue weighted by molar-refractivity contribution is 6.14. The minimum Gasteiger partial charge on any atom is -0.274 e. The lowest BCUT2D eigenvalue weighted by molar-refractivity contribution is -0.163. The quantitative estimate of drug-likeness (QED) is 0.732. The van der Waals surface area contributed by atoms with E-state index in [0.717, 1.165) is 24.2 Å². The van der Waals surface area contributed by atoms with Gasteiger partial charge in [-0.2, -0.15) is 13.2 Å². The van der Waals surface area contributed by atoms with Crippen LogP contribution in [0.25, 0.3) is 0 Å². The maximum atomic E-state index is 12.4. The lowest BCUT2D eigenvalue weighted by Crippen LogP contribution is -2.60. The van der Waals surface area contributed by atoms with Crippen molar-refractivity contribution in [3.63, 3.8) is 0 Å². The zero-order valence-corrected chi connectivity index (χ0v) is 10.8. The maximum Gasteiger partial charge on any atom is 0.406 e. The number of amides is 4. The van der Waals surface area contributed by atoms with Gasteiger partial charge in [-0.25, -0.2) is 4.79 Å². The number of halogens is 3. The number of alkyl halides is 3. The summed E-state index contributed by atoms with van der Waals surface area (Å²) in [5.41, 5.74) is 0. The summed E-state index contributed by atoms with van der Waals surface area (Å²) in [5, 5.41) is 0. The van der Waals surface area contributed by atoms with Crippen molar-refractivity contribution < 1.29 is 27.6 Å². The molecule has 5 nitrogen and oxygen atoms in total. The van der Waals surface area contributed by atoms with Gasteiger partial charge in [0.05, 0.1) is 0 Å². The molecule has 1 saturated heterocycles. The molecule has 112 valence electrons. The molecule has 0 spiro atoms. The fourth-order valence-electron chi connectivity index (χ4n) is 2.69. The van der Waals surface area contributed by atoms with Crippen molar-refractivity contribution in [1.29, 1.82) is 0 Å². The highest BCUT2D eigenvalue weighted by Crippen LogP contribution is 2.28. The summed E-state index contributed by atoms with van der Waals surface area (Å²) in [6.45, 7) is -1.64. The molecule has 1 saturated carbocycles. The number of carbonyl (C=O) groups excluding carboxylic acids is 3. The van der Waals surface area contributed by atoms with Gasteiger partial charge in [0.2, 0.25) is 11.8 Å². The molecular weight excluding hydrogens is 277 g/mol. The van der Waals surface area contributed by atoms with Crippen LogP contribution in [-0.2, 0) is 9.59 Å². The first-order valence-corrected chi connectivity index (χ1v) is 6.53. The van der Waals surface area contributed by atoms with E-state index < -0.39 is 37.0 Å². The van der Waals surface area contributed by atoms with Gasteiger partial charge < -0.3 is 0 Å². The molecule has 1 aliphatic carbocycles. The van der Waals surface area contributed by atoms with Crippen LogP contribution >= 0.6 is 0 Å². The topological polar surface area (TPSA) is 57.7 Å². The number of nitrogens with zero attached hydrogens (tertiary/aromatic N) is 2. The Balaban J connectivity index is 2.17. The summed E-state index contributed by atoms with van der Waals surface area (Å²) >= 11 is 0. The molecule has 0 aromatic heterocycles. The molecular formula is C12H15F3N2O3. The summed E-state index contributed by atoms with van der Waals surface area (Å²) in [6.07, 6.45) is -1.51. The average Bonchev–Trinajstić information content (AvgIpc) is 2.34. The molecule has 2 rings (SSSR count). The summed E-state index contributed by atoms with van der Waals surface area (Å²) in [6, 6.07) is -1.51. The second-order valence-corrected chi connectivity index (χ2v) is 5.11. The molecule has 0 atom stereocenters. The van der Waals surface area contributed by atoms with Crippen molar-refractivity contribution >= 4 is 17.8 Å². The number of rotatable bonds is 2. The van der Waals surface area contributed by atoms with Crippen molar-refractivity contribution in [3.8, 4) is 0 Å². The van der Waals surface area contributed by atoms with E-state index in [1.807, 2.05) is 0 Å². The van der Waals surface area contributed by atoms with Crippen molar-refractivity contribution in [2.75, 3.05) is 6.54 Å². The monoisotopic (exact) mass is 292 g/mol. The highest BCUT2D eigenvalue weighted by Gasteiger charge is 2.45. The number of carbonyl (C=O) groups is 3. The summed E-state index contributed by atoms with van der Waals surface area (Å²) < 4.78 is 37.2. The molecule has 0 N–H and O–H groups in total. The molecule has 4 amide bonds. The lowest BCUT2D eigenvalue weighted by atomic mass is 9.93. The molecule has 2 fully saturated rings. The van der Waals surface area contributed by atoms with Crippen molar-refractivity contribution in [1.82, 2.24) is 9.80 Å². The normalized spacial score (nSPS) is 22.6. The molecule has 0 aromatic carbocycles. The van der Waals surface area contributed by atoms with Crippen LogP contribution in [0, 0.1) is 0 Å². The Morgan fingerprint density at radius 2 is 1.60 bits per heavy atom. The van der Waals surface area contributed by atoms with Gasteiger partial charge in [-0.1, -0.05) is 19.3 Å². The van der Waals surface area contributed by atoms with E-state index in [1.54, 1.807) is 0 Å². The van der Waals surface area contributed by atoms with Crippen molar-refractivity contribution in [2.24, 2.45) is 0 Å². The fourth-order valence-corrected chi connectivity index (χ4v) is 2.69. The minimum atomic E-state index is -4.66. The molecule has 0 unspecified atom stereocenters. The fraction of sp³-hybridized carbons (Fsp3) is 0.750. The first-order valence-electron chi connectivity index (χ1n) is 6.53. The van der Waals surface area contributed by atoms with Crippen LogP contribution in [0.2, 0.25) is 0 Å². The van der Waals surface area contributed by atoms with Crippen LogP contribution in [0.1, 0.15) is 38.5 Å². The number of urea groups is 1. The first kappa shape index (κ1) is 14.8. The van der Waals surface area contributed by atoms with E-state index in [1.165, 1.54) is 0 Å². The van der Waals surface area contributed by atoms with E-state index in [9.17, 15) is 27.6 Å². The Hall–Kier alpha value is -1.60. The van der Waals surface area contributed by atoms with Crippen LogP contribution in [0.4, 0.5) is 18.0 Å². The molecule has 1 aliphatic heterocycles. The molecule has 0 bridgehead atoms. The van der Waals surface area contributed by atoms with E-state index >= 15 is 0 Å². The van der Waals surface area contributed by atoms with Gasteiger partial charge in [0.25, 0.3) is 0 Å². The zero-order chi connectivity index (χ0) is 14.9. The molecule has 8 heteroatoms. The van der Waals surface area contributed by atoms with Gasteiger partial charge in [-0.05, 0) is 12.8 Å². The summed E-state index contributed by atoms with van der Waals surface area (Å²) in [4.78, 5) is 36.3. The number of hydrogen-bond donors (Lipinski definition) is 0. The van der Waals surface area contributed by atoms with E-state index in [-0.39, 0.29) is 10.9 Å². The average molecular weight is 292 g/mol. The molecule has 1 heterocycles. The van der Waals surface area contributed by atoms with Crippen LogP contribution in [-0.4, -0.2) is 46.4 Å². The Labute approximate surface area is 113 Å². The third-order valence-corrected chi connectivity index (χ3v) is 3.59. The Kier molecular flexibility index (Phi) is 4.01. The lowest BCUT2D eigenvalue weighted by Gasteiger charge is -2.39. The first-order chi connectivity index (χ1) is 9.29. The van der Waals surface area contributed by atoms with Gasteiger partial charge >= 0.3 is 12.2 Å². The van der Waals surface area contributed by atoms with Crippen LogP contribution in [0.15, 0.2) is 0 Å². The maximum absolute atomic E-state index is 12.4. The Morgan fingerprint density at radius 3 is 2.15 bits per heavy atom. The predicted octanol–water partition coefficient (Wildman–Crippen LogP) is 2.06. The highest BCUT2D eigenvalue weighted by atomic mass is 19.4. The van der Waals surface area contributed by atoms with E-state index in [4.69, 9.17) is 0 Å². The SMILES string of the molecule is O=C1CC(=O)N(C2CCCCC2)C(=O)N1CC(F)(F)F. The largest absolute Gasteiger partial charge is 0.406 e. The van der Waals surface area contributed by atoms with Crippen molar-refractivity contribution in [3.05, 3.63) is 0 Å². The van der Waals surface area contributed by atoms with Crippen LogP contribution < -0.4 is 0 Å². The Morgan fingerprint density at radius 1 is 1.00 bits per heavy atom. The Bertz CT molecular complexity index is 430. The molecule has 2 aliphatic rings.